The summed E-state index contributed by atoms with van der Waals surface area (Å²) in [4.78, 5) is 3.64. The third-order valence-electron chi connectivity index (χ3n) is 2.88. The molecule has 0 aliphatic heterocycles. The molecule has 0 fully saturated rings. The van der Waals surface area contributed by atoms with Gasteiger partial charge in [0.15, 0.2) is 0 Å². The van der Waals surface area contributed by atoms with E-state index in [1.54, 1.807) is 12.3 Å². The molecule has 0 amide bonds. The number of rotatable bonds is 1. The number of hydrogen-bond donors (Lipinski definition) is 0. The fraction of sp³-hybridized carbons (Fsp3) is 0.583. The summed E-state index contributed by atoms with van der Waals surface area (Å²) in [6, 6.07) is 1.55. The van der Waals surface area contributed by atoms with Gasteiger partial charge >= 0.3 is 0 Å². The quantitative estimate of drug-likeness (QED) is 0.623. The van der Waals surface area contributed by atoms with Crippen LogP contribution in [0.4, 0.5) is 4.39 Å². The van der Waals surface area contributed by atoms with Crippen LogP contribution in [0.3, 0.4) is 0 Å². The van der Waals surface area contributed by atoms with Gasteiger partial charge in [0.25, 0.3) is 0 Å². The lowest BCUT2D eigenvalue weighted by atomic mass is 9.77. The van der Waals surface area contributed by atoms with Crippen LogP contribution in [0.2, 0.25) is 0 Å². The largest absolute Gasteiger partial charge is 0.228 e. The Labute approximate surface area is 85.4 Å². The minimum Gasteiger partial charge on any atom is -0.228 e. The van der Waals surface area contributed by atoms with Gasteiger partial charge < -0.3 is 0 Å². The van der Waals surface area contributed by atoms with Gasteiger partial charge in [-0.25, -0.2) is 4.98 Å². The summed E-state index contributed by atoms with van der Waals surface area (Å²) in [6.07, 6.45) is 1.60. The lowest BCUT2D eigenvalue weighted by Gasteiger charge is -2.28. The summed E-state index contributed by atoms with van der Waals surface area (Å²) in [5.74, 6) is -0.0540. The van der Waals surface area contributed by atoms with Gasteiger partial charge in [-0.2, -0.15) is 4.39 Å². The van der Waals surface area contributed by atoms with Crippen molar-refractivity contribution < 1.29 is 4.39 Å². The second-order valence-electron chi connectivity index (χ2n) is 4.95. The minimum absolute atomic E-state index is 0.151. The van der Waals surface area contributed by atoms with Crippen molar-refractivity contribution in [1.82, 2.24) is 4.98 Å². The Bertz CT molecular complexity index is 326. The van der Waals surface area contributed by atoms with Crippen molar-refractivity contribution in [2.45, 2.75) is 40.5 Å². The molecule has 0 N–H and O–H groups in total. The second kappa shape index (κ2) is 3.68. The Morgan fingerprint density at radius 3 is 2.43 bits per heavy atom. The van der Waals surface area contributed by atoms with Crippen LogP contribution in [-0.2, 0) is 0 Å². The topological polar surface area (TPSA) is 12.9 Å². The van der Waals surface area contributed by atoms with Crippen molar-refractivity contribution in [3.05, 3.63) is 29.3 Å². The molecule has 1 unspecified atom stereocenters. The Kier molecular flexibility index (Phi) is 2.93. The zero-order valence-corrected chi connectivity index (χ0v) is 9.56. The van der Waals surface area contributed by atoms with Gasteiger partial charge in [-0.3, -0.25) is 0 Å². The zero-order chi connectivity index (χ0) is 10.9. The molecule has 1 nitrogen and oxygen atoms in total. The van der Waals surface area contributed by atoms with Crippen molar-refractivity contribution in [1.29, 1.82) is 0 Å². The van der Waals surface area contributed by atoms with Crippen molar-refractivity contribution in [2.24, 2.45) is 5.41 Å². The van der Waals surface area contributed by atoms with Crippen LogP contribution >= 0.6 is 0 Å². The third kappa shape index (κ3) is 2.31. The van der Waals surface area contributed by atoms with Crippen LogP contribution in [0.5, 0.6) is 0 Å². The van der Waals surface area contributed by atoms with Gasteiger partial charge in [-0.05, 0) is 35.4 Å². The molecule has 1 atom stereocenters. The van der Waals surface area contributed by atoms with Crippen LogP contribution in [0.15, 0.2) is 12.3 Å². The van der Waals surface area contributed by atoms with E-state index in [9.17, 15) is 4.39 Å². The standard InChI is InChI=1S/C12H18FN/c1-8-7-14-11(13)6-10(8)9(2)12(3,4)5/h6-7,9H,1-5H3. The van der Waals surface area contributed by atoms with E-state index in [4.69, 9.17) is 0 Å². The highest BCUT2D eigenvalue weighted by molar-refractivity contribution is 5.27. The third-order valence-corrected chi connectivity index (χ3v) is 2.88. The van der Waals surface area contributed by atoms with Crippen molar-refractivity contribution >= 4 is 0 Å². The molecule has 0 aliphatic carbocycles. The van der Waals surface area contributed by atoms with E-state index in [1.807, 2.05) is 6.92 Å². The maximum atomic E-state index is 13.0. The van der Waals surface area contributed by atoms with Gasteiger partial charge in [-0.1, -0.05) is 27.7 Å². The molecule has 0 aliphatic rings. The highest BCUT2D eigenvalue weighted by atomic mass is 19.1. The molecule has 0 saturated carbocycles. The first-order valence-corrected chi connectivity index (χ1v) is 4.94. The SMILES string of the molecule is Cc1cnc(F)cc1C(C)C(C)(C)C. The summed E-state index contributed by atoms with van der Waals surface area (Å²) in [5, 5.41) is 0. The number of aryl methyl sites for hydroxylation is 1. The number of aromatic nitrogens is 1. The normalized spacial score (nSPS) is 14.1. The summed E-state index contributed by atoms with van der Waals surface area (Å²) >= 11 is 0. The summed E-state index contributed by atoms with van der Waals surface area (Å²) in [5.41, 5.74) is 2.28. The molecule has 1 aromatic heterocycles. The summed E-state index contributed by atoms with van der Waals surface area (Å²) < 4.78 is 13.0. The Morgan fingerprint density at radius 1 is 1.36 bits per heavy atom. The number of hydrogen-bond acceptors (Lipinski definition) is 1. The van der Waals surface area contributed by atoms with Crippen LogP contribution in [0.1, 0.15) is 44.7 Å². The van der Waals surface area contributed by atoms with Crippen LogP contribution in [0, 0.1) is 18.3 Å². The van der Waals surface area contributed by atoms with Gasteiger partial charge in [-0.15, -0.1) is 0 Å². The average Bonchev–Trinajstić information content (AvgIpc) is 2.06. The predicted octanol–water partition coefficient (Wildman–Crippen LogP) is 3.68. The van der Waals surface area contributed by atoms with E-state index in [0.29, 0.717) is 5.92 Å². The minimum atomic E-state index is -0.387. The highest BCUT2D eigenvalue weighted by Crippen LogP contribution is 2.35. The molecule has 1 aromatic rings. The molecule has 0 spiro atoms. The molecule has 78 valence electrons. The first-order chi connectivity index (χ1) is 6.32. The molecule has 14 heavy (non-hydrogen) atoms. The fourth-order valence-corrected chi connectivity index (χ4v) is 1.45. The van der Waals surface area contributed by atoms with Gasteiger partial charge in [0.2, 0.25) is 5.95 Å². The number of halogens is 1. The highest BCUT2D eigenvalue weighted by Gasteiger charge is 2.23. The van der Waals surface area contributed by atoms with Crippen LogP contribution in [0.25, 0.3) is 0 Å². The van der Waals surface area contributed by atoms with Crippen LogP contribution in [-0.4, -0.2) is 4.98 Å². The Balaban J connectivity index is 3.12. The van der Waals surface area contributed by atoms with Crippen LogP contribution < -0.4 is 0 Å². The van der Waals surface area contributed by atoms with E-state index >= 15 is 0 Å². The molecular formula is C12H18FN. The van der Waals surface area contributed by atoms with Gasteiger partial charge in [0.1, 0.15) is 0 Å². The van der Waals surface area contributed by atoms with Crippen molar-refractivity contribution in [2.75, 3.05) is 0 Å². The first kappa shape index (κ1) is 11.2. The van der Waals surface area contributed by atoms with E-state index in [2.05, 4.69) is 32.7 Å². The first-order valence-electron chi connectivity index (χ1n) is 4.94. The van der Waals surface area contributed by atoms with Gasteiger partial charge in [0, 0.05) is 6.20 Å². The predicted molar refractivity (Wildman–Crippen MR) is 56.8 cm³/mol. The molecule has 1 heterocycles. The molecular weight excluding hydrogens is 177 g/mol. The monoisotopic (exact) mass is 195 g/mol. The average molecular weight is 195 g/mol. The zero-order valence-electron chi connectivity index (χ0n) is 9.56. The lowest BCUT2D eigenvalue weighted by molar-refractivity contribution is 0.337. The summed E-state index contributed by atoms with van der Waals surface area (Å²) in [6.45, 7) is 10.6. The Hall–Kier alpha value is -0.920. The smallest absolute Gasteiger partial charge is 0.213 e. The van der Waals surface area contributed by atoms with Crippen molar-refractivity contribution in [3.8, 4) is 0 Å². The Morgan fingerprint density at radius 2 is 1.93 bits per heavy atom. The fourth-order valence-electron chi connectivity index (χ4n) is 1.45. The van der Waals surface area contributed by atoms with E-state index in [1.165, 1.54) is 0 Å². The van der Waals surface area contributed by atoms with E-state index in [0.717, 1.165) is 11.1 Å². The molecule has 0 aromatic carbocycles. The van der Waals surface area contributed by atoms with Gasteiger partial charge in [0.05, 0.1) is 0 Å². The lowest BCUT2D eigenvalue weighted by Crippen LogP contribution is -2.16. The number of pyridine rings is 1. The molecule has 1 rings (SSSR count). The van der Waals surface area contributed by atoms with Crippen molar-refractivity contribution in [3.63, 3.8) is 0 Å². The molecule has 0 saturated heterocycles. The molecule has 0 radical (unpaired) electrons. The number of nitrogens with zero attached hydrogens (tertiary/aromatic N) is 1. The molecule has 0 bridgehead atoms. The summed E-state index contributed by atoms with van der Waals surface area (Å²) in [7, 11) is 0. The molecule has 2 heteroatoms. The maximum Gasteiger partial charge on any atom is 0.213 e. The van der Waals surface area contributed by atoms with E-state index < -0.39 is 0 Å². The second-order valence-corrected chi connectivity index (χ2v) is 4.95. The maximum absolute atomic E-state index is 13.0. The van der Waals surface area contributed by atoms with E-state index in [-0.39, 0.29) is 11.4 Å².